The van der Waals surface area contributed by atoms with Gasteiger partial charge in [-0.15, -0.1) is 0 Å². The zero-order chi connectivity index (χ0) is 15.8. The first-order valence-corrected chi connectivity index (χ1v) is 6.84. The van der Waals surface area contributed by atoms with Gasteiger partial charge in [-0.05, 0) is 29.8 Å². The molecular weight excluding hydrogens is 290 g/mol. The number of alkyl halides is 2. The molecule has 1 heterocycles. The monoisotopic (exact) mass is 306 g/mol. The Kier molecular flexibility index (Phi) is 5.82. The van der Waals surface area contributed by atoms with Gasteiger partial charge < -0.3 is 10.1 Å². The van der Waals surface area contributed by atoms with Crippen molar-refractivity contribution in [2.75, 3.05) is 6.54 Å². The van der Waals surface area contributed by atoms with E-state index in [-0.39, 0.29) is 18.1 Å². The van der Waals surface area contributed by atoms with E-state index in [0.29, 0.717) is 13.0 Å². The SMILES string of the molecule is O=C(Cc1ccc(OC(F)F)cc1)NCCc1ccccn1. The predicted octanol–water partition coefficient (Wildman–Crippen LogP) is 2.58. The van der Waals surface area contributed by atoms with Crippen LogP contribution in [-0.2, 0) is 17.6 Å². The Balaban J connectivity index is 1.74. The zero-order valence-corrected chi connectivity index (χ0v) is 11.8. The molecular formula is C16H16F2N2O2. The Morgan fingerprint density at radius 1 is 1.18 bits per heavy atom. The summed E-state index contributed by atoms with van der Waals surface area (Å²) in [4.78, 5) is 15.9. The molecule has 0 aliphatic rings. The molecule has 22 heavy (non-hydrogen) atoms. The highest BCUT2D eigenvalue weighted by molar-refractivity contribution is 5.78. The van der Waals surface area contributed by atoms with Gasteiger partial charge in [0.2, 0.25) is 5.91 Å². The van der Waals surface area contributed by atoms with E-state index in [4.69, 9.17) is 0 Å². The highest BCUT2D eigenvalue weighted by Gasteiger charge is 2.06. The number of benzene rings is 1. The number of pyridine rings is 1. The van der Waals surface area contributed by atoms with Crippen LogP contribution in [0.1, 0.15) is 11.3 Å². The van der Waals surface area contributed by atoms with E-state index in [0.717, 1.165) is 11.3 Å². The van der Waals surface area contributed by atoms with Crippen LogP contribution in [-0.4, -0.2) is 24.0 Å². The summed E-state index contributed by atoms with van der Waals surface area (Å²) in [5, 5.41) is 2.80. The lowest BCUT2D eigenvalue weighted by Gasteiger charge is -2.07. The van der Waals surface area contributed by atoms with Crippen LogP contribution in [0.25, 0.3) is 0 Å². The number of nitrogens with one attached hydrogen (secondary N) is 1. The Bertz CT molecular complexity index is 589. The molecule has 2 aromatic rings. The largest absolute Gasteiger partial charge is 0.435 e. The second kappa shape index (κ2) is 8.07. The van der Waals surface area contributed by atoms with Gasteiger partial charge in [0.1, 0.15) is 5.75 Å². The lowest BCUT2D eigenvalue weighted by atomic mass is 10.1. The maximum Gasteiger partial charge on any atom is 0.387 e. The first-order valence-electron chi connectivity index (χ1n) is 6.84. The van der Waals surface area contributed by atoms with Crippen LogP contribution in [0.3, 0.4) is 0 Å². The zero-order valence-electron chi connectivity index (χ0n) is 11.8. The van der Waals surface area contributed by atoms with E-state index < -0.39 is 6.61 Å². The second-order valence-electron chi connectivity index (χ2n) is 4.62. The molecule has 1 aromatic heterocycles. The van der Waals surface area contributed by atoms with Gasteiger partial charge in [-0.25, -0.2) is 0 Å². The summed E-state index contributed by atoms with van der Waals surface area (Å²) in [6, 6.07) is 11.7. The third-order valence-electron chi connectivity index (χ3n) is 2.94. The number of hydrogen-bond acceptors (Lipinski definition) is 3. The van der Waals surface area contributed by atoms with Crippen molar-refractivity contribution in [1.29, 1.82) is 0 Å². The summed E-state index contributed by atoms with van der Waals surface area (Å²) < 4.78 is 28.3. The summed E-state index contributed by atoms with van der Waals surface area (Å²) in [5.41, 5.74) is 1.65. The Morgan fingerprint density at radius 3 is 2.59 bits per heavy atom. The highest BCUT2D eigenvalue weighted by atomic mass is 19.3. The molecule has 0 aliphatic carbocycles. The predicted molar refractivity (Wildman–Crippen MR) is 77.7 cm³/mol. The van der Waals surface area contributed by atoms with Crippen molar-refractivity contribution >= 4 is 5.91 Å². The van der Waals surface area contributed by atoms with Crippen LogP contribution in [0.4, 0.5) is 8.78 Å². The molecule has 0 spiro atoms. The summed E-state index contributed by atoms with van der Waals surface area (Å²) in [6.45, 7) is -2.34. The molecule has 0 radical (unpaired) electrons. The molecule has 0 aliphatic heterocycles. The standard InChI is InChI=1S/C16H16F2N2O2/c17-16(18)22-14-6-4-12(5-7-14)11-15(21)20-10-8-13-3-1-2-9-19-13/h1-7,9,16H,8,10-11H2,(H,20,21). The van der Waals surface area contributed by atoms with Gasteiger partial charge in [0.05, 0.1) is 6.42 Å². The van der Waals surface area contributed by atoms with Crippen LogP contribution in [0.5, 0.6) is 5.75 Å². The average molecular weight is 306 g/mol. The van der Waals surface area contributed by atoms with Crippen LogP contribution >= 0.6 is 0 Å². The molecule has 1 N–H and O–H groups in total. The number of ether oxygens (including phenoxy) is 1. The van der Waals surface area contributed by atoms with E-state index in [1.165, 1.54) is 12.1 Å². The minimum atomic E-state index is -2.85. The van der Waals surface area contributed by atoms with Gasteiger partial charge in [-0.3, -0.25) is 9.78 Å². The van der Waals surface area contributed by atoms with Crippen molar-refractivity contribution in [2.45, 2.75) is 19.5 Å². The molecule has 2 rings (SSSR count). The fraction of sp³-hybridized carbons (Fsp3) is 0.250. The van der Waals surface area contributed by atoms with Crippen LogP contribution in [0, 0.1) is 0 Å². The van der Waals surface area contributed by atoms with E-state index in [9.17, 15) is 13.6 Å². The molecule has 0 bridgehead atoms. The topological polar surface area (TPSA) is 51.2 Å². The number of carbonyl (C=O) groups is 1. The van der Waals surface area contributed by atoms with Crippen molar-refractivity contribution in [3.63, 3.8) is 0 Å². The molecule has 0 fully saturated rings. The average Bonchev–Trinajstić information content (AvgIpc) is 2.50. The maximum atomic E-state index is 12.0. The van der Waals surface area contributed by atoms with E-state index in [2.05, 4.69) is 15.0 Å². The molecule has 1 aromatic carbocycles. The number of nitrogens with zero attached hydrogens (tertiary/aromatic N) is 1. The molecule has 0 saturated heterocycles. The molecule has 0 saturated carbocycles. The molecule has 0 unspecified atom stereocenters. The Labute approximate surface area is 127 Å². The van der Waals surface area contributed by atoms with Gasteiger partial charge in [-0.2, -0.15) is 8.78 Å². The molecule has 4 nitrogen and oxygen atoms in total. The minimum Gasteiger partial charge on any atom is -0.435 e. The summed E-state index contributed by atoms with van der Waals surface area (Å²) in [6.07, 6.45) is 2.56. The smallest absolute Gasteiger partial charge is 0.387 e. The van der Waals surface area contributed by atoms with Gasteiger partial charge >= 0.3 is 6.61 Å². The van der Waals surface area contributed by atoms with Crippen molar-refractivity contribution < 1.29 is 18.3 Å². The normalized spacial score (nSPS) is 10.5. The number of halogens is 2. The van der Waals surface area contributed by atoms with Gasteiger partial charge in [0, 0.05) is 24.9 Å². The number of amides is 1. The van der Waals surface area contributed by atoms with Crippen molar-refractivity contribution in [3.8, 4) is 5.75 Å². The molecule has 1 amide bonds. The van der Waals surface area contributed by atoms with Gasteiger partial charge in [0.25, 0.3) is 0 Å². The lowest BCUT2D eigenvalue weighted by molar-refractivity contribution is -0.120. The number of rotatable bonds is 7. The Morgan fingerprint density at radius 2 is 1.95 bits per heavy atom. The maximum absolute atomic E-state index is 12.0. The second-order valence-corrected chi connectivity index (χ2v) is 4.62. The molecule has 6 heteroatoms. The molecule has 116 valence electrons. The highest BCUT2D eigenvalue weighted by Crippen LogP contribution is 2.15. The van der Waals surface area contributed by atoms with Crippen LogP contribution in [0.15, 0.2) is 48.7 Å². The van der Waals surface area contributed by atoms with Crippen molar-refractivity contribution in [2.24, 2.45) is 0 Å². The number of aromatic nitrogens is 1. The summed E-state index contributed by atoms with van der Waals surface area (Å²) in [7, 11) is 0. The quantitative estimate of drug-likeness (QED) is 0.855. The fourth-order valence-electron chi connectivity index (χ4n) is 1.91. The van der Waals surface area contributed by atoms with Crippen LogP contribution in [0.2, 0.25) is 0 Å². The van der Waals surface area contributed by atoms with Crippen LogP contribution < -0.4 is 10.1 Å². The molecule has 0 atom stereocenters. The van der Waals surface area contributed by atoms with Gasteiger partial charge in [-0.1, -0.05) is 18.2 Å². The number of carbonyl (C=O) groups excluding carboxylic acids is 1. The third kappa shape index (κ3) is 5.47. The van der Waals surface area contributed by atoms with Gasteiger partial charge in [0.15, 0.2) is 0 Å². The Hall–Kier alpha value is -2.50. The van der Waals surface area contributed by atoms with E-state index >= 15 is 0 Å². The van der Waals surface area contributed by atoms with Crippen molar-refractivity contribution in [3.05, 3.63) is 59.9 Å². The third-order valence-corrected chi connectivity index (χ3v) is 2.94. The van der Waals surface area contributed by atoms with E-state index in [1.54, 1.807) is 18.3 Å². The first-order chi connectivity index (χ1) is 10.6. The minimum absolute atomic E-state index is 0.0781. The summed E-state index contributed by atoms with van der Waals surface area (Å²) in [5.74, 6) is -0.0484. The fourth-order valence-corrected chi connectivity index (χ4v) is 1.91. The number of hydrogen-bond donors (Lipinski definition) is 1. The van der Waals surface area contributed by atoms with Crippen molar-refractivity contribution in [1.82, 2.24) is 10.3 Å². The lowest BCUT2D eigenvalue weighted by Crippen LogP contribution is -2.27. The van der Waals surface area contributed by atoms with E-state index in [1.807, 2.05) is 18.2 Å². The summed E-state index contributed by atoms with van der Waals surface area (Å²) >= 11 is 0. The first kappa shape index (κ1) is 15.9.